The third-order valence-corrected chi connectivity index (χ3v) is 5.48. The molecule has 0 unspecified atom stereocenters. The molecule has 22 heavy (non-hydrogen) atoms. The molecule has 1 aliphatic carbocycles. The molecular weight excluding hydrogens is 284 g/mol. The summed E-state index contributed by atoms with van der Waals surface area (Å²) in [7, 11) is 0. The smallest absolute Gasteiger partial charge is 0.00720 e. The van der Waals surface area contributed by atoms with E-state index in [-0.39, 0.29) is 0 Å². The van der Waals surface area contributed by atoms with Crippen LogP contribution < -0.4 is 0 Å². The van der Waals surface area contributed by atoms with Gasteiger partial charge in [0.1, 0.15) is 0 Å². The summed E-state index contributed by atoms with van der Waals surface area (Å²) in [6, 6.07) is 10.6. The summed E-state index contributed by atoms with van der Waals surface area (Å²) in [6.07, 6.45) is 9.47. The highest BCUT2D eigenvalue weighted by Crippen LogP contribution is 2.40. The van der Waals surface area contributed by atoms with Crippen molar-refractivity contribution in [3.63, 3.8) is 0 Å². The Labute approximate surface area is 140 Å². The normalized spacial score (nSPS) is 18.0. The van der Waals surface area contributed by atoms with Crippen LogP contribution >= 0.6 is 11.8 Å². The first-order valence-corrected chi connectivity index (χ1v) is 9.21. The number of hydrogen-bond acceptors (Lipinski definition) is 1. The molecule has 0 heterocycles. The SMILES string of the molecule is C=C(/C=C/C1=C(C)CCCC1(C)C)CCSc1ccccc1. The molecular formula is C21H28S. The molecule has 1 aromatic carbocycles. The third kappa shape index (κ3) is 4.91. The van der Waals surface area contributed by atoms with Crippen LogP contribution in [0, 0.1) is 5.41 Å². The Morgan fingerprint density at radius 3 is 2.68 bits per heavy atom. The quantitative estimate of drug-likeness (QED) is 0.411. The molecule has 0 amide bonds. The highest BCUT2D eigenvalue weighted by Gasteiger charge is 2.26. The fourth-order valence-corrected chi connectivity index (χ4v) is 4.06. The van der Waals surface area contributed by atoms with Crippen LogP contribution in [0.3, 0.4) is 0 Å². The number of hydrogen-bond donors (Lipinski definition) is 0. The maximum atomic E-state index is 4.22. The maximum absolute atomic E-state index is 4.22. The van der Waals surface area contributed by atoms with Crippen LogP contribution in [0.2, 0.25) is 0 Å². The largest absolute Gasteiger partial charge is 0.126 e. The van der Waals surface area contributed by atoms with Gasteiger partial charge in [0, 0.05) is 10.6 Å². The second-order valence-electron chi connectivity index (χ2n) is 6.83. The number of rotatable bonds is 6. The molecule has 0 N–H and O–H groups in total. The summed E-state index contributed by atoms with van der Waals surface area (Å²) in [4.78, 5) is 1.34. The van der Waals surface area contributed by atoms with Gasteiger partial charge in [-0.05, 0) is 55.7 Å². The summed E-state index contributed by atoms with van der Waals surface area (Å²) in [6.45, 7) is 11.2. The highest BCUT2D eigenvalue weighted by atomic mass is 32.2. The predicted molar refractivity (Wildman–Crippen MR) is 100 cm³/mol. The minimum absolute atomic E-state index is 0.317. The molecule has 0 radical (unpaired) electrons. The first-order valence-electron chi connectivity index (χ1n) is 8.23. The lowest BCUT2D eigenvalue weighted by Gasteiger charge is -2.33. The van der Waals surface area contributed by atoms with Crippen LogP contribution in [0.25, 0.3) is 0 Å². The molecule has 0 bridgehead atoms. The summed E-state index contributed by atoms with van der Waals surface area (Å²) in [5.74, 6) is 1.09. The summed E-state index contributed by atoms with van der Waals surface area (Å²) >= 11 is 1.90. The van der Waals surface area contributed by atoms with Gasteiger partial charge in [-0.15, -0.1) is 11.8 Å². The molecule has 0 aromatic heterocycles. The molecule has 118 valence electrons. The number of allylic oxidation sites excluding steroid dienone is 5. The van der Waals surface area contributed by atoms with Crippen LogP contribution in [-0.4, -0.2) is 5.75 Å². The van der Waals surface area contributed by atoms with Crippen molar-refractivity contribution in [1.29, 1.82) is 0 Å². The Morgan fingerprint density at radius 1 is 1.27 bits per heavy atom. The molecule has 0 saturated carbocycles. The molecule has 1 aliphatic rings. The van der Waals surface area contributed by atoms with Crippen molar-refractivity contribution < 1.29 is 0 Å². The summed E-state index contributed by atoms with van der Waals surface area (Å²) in [5.41, 5.74) is 4.62. The van der Waals surface area contributed by atoms with E-state index in [2.05, 4.69) is 69.8 Å². The van der Waals surface area contributed by atoms with E-state index in [4.69, 9.17) is 0 Å². The van der Waals surface area contributed by atoms with Crippen LogP contribution in [-0.2, 0) is 0 Å². The van der Waals surface area contributed by atoms with Gasteiger partial charge >= 0.3 is 0 Å². The van der Waals surface area contributed by atoms with Crippen LogP contribution in [0.5, 0.6) is 0 Å². The van der Waals surface area contributed by atoms with Gasteiger partial charge in [0.15, 0.2) is 0 Å². The van der Waals surface area contributed by atoms with E-state index in [0.29, 0.717) is 5.41 Å². The minimum atomic E-state index is 0.317. The lowest BCUT2D eigenvalue weighted by molar-refractivity contribution is 0.377. The molecule has 0 aliphatic heterocycles. The van der Waals surface area contributed by atoms with Gasteiger partial charge in [0.2, 0.25) is 0 Å². The number of benzene rings is 1. The maximum Gasteiger partial charge on any atom is 0.00720 e. The van der Waals surface area contributed by atoms with E-state index in [1.807, 2.05) is 11.8 Å². The fraction of sp³-hybridized carbons (Fsp3) is 0.429. The van der Waals surface area contributed by atoms with Crippen LogP contribution in [0.4, 0.5) is 0 Å². The average Bonchev–Trinajstić information content (AvgIpc) is 2.47. The van der Waals surface area contributed by atoms with Gasteiger partial charge in [-0.1, -0.05) is 61.9 Å². The monoisotopic (exact) mass is 312 g/mol. The summed E-state index contributed by atoms with van der Waals surface area (Å²) < 4.78 is 0. The van der Waals surface area contributed by atoms with Gasteiger partial charge in [-0.25, -0.2) is 0 Å². The second kappa shape index (κ2) is 7.87. The summed E-state index contributed by atoms with van der Waals surface area (Å²) in [5, 5.41) is 0. The van der Waals surface area contributed by atoms with E-state index >= 15 is 0 Å². The Balaban J connectivity index is 1.86. The highest BCUT2D eigenvalue weighted by molar-refractivity contribution is 7.99. The molecule has 0 saturated heterocycles. The molecule has 0 spiro atoms. The van der Waals surface area contributed by atoms with E-state index in [0.717, 1.165) is 12.2 Å². The van der Waals surface area contributed by atoms with E-state index in [1.165, 1.54) is 35.3 Å². The van der Waals surface area contributed by atoms with Crippen molar-refractivity contribution in [2.75, 3.05) is 5.75 Å². The third-order valence-electron chi connectivity index (χ3n) is 4.46. The first kappa shape index (κ1) is 17.1. The van der Waals surface area contributed by atoms with Crippen molar-refractivity contribution in [2.45, 2.75) is 51.3 Å². The lowest BCUT2D eigenvalue weighted by Crippen LogP contribution is -2.19. The van der Waals surface area contributed by atoms with Crippen molar-refractivity contribution in [3.8, 4) is 0 Å². The van der Waals surface area contributed by atoms with Gasteiger partial charge in [0.05, 0.1) is 0 Å². The molecule has 1 aromatic rings. The van der Waals surface area contributed by atoms with E-state index in [9.17, 15) is 0 Å². The Hall–Kier alpha value is -1.21. The molecule has 0 fully saturated rings. The van der Waals surface area contributed by atoms with Gasteiger partial charge in [-0.3, -0.25) is 0 Å². The Morgan fingerprint density at radius 2 is 2.00 bits per heavy atom. The van der Waals surface area contributed by atoms with Gasteiger partial charge < -0.3 is 0 Å². The fourth-order valence-electron chi connectivity index (χ4n) is 3.11. The van der Waals surface area contributed by atoms with Crippen LogP contribution in [0.15, 0.2) is 70.7 Å². The topological polar surface area (TPSA) is 0 Å². The van der Waals surface area contributed by atoms with Crippen molar-refractivity contribution >= 4 is 11.8 Å². The zero-order valence-corrected chi connectivity index (χ0v) is 15.0. The molecule has 0 atom stereocenters. The van der Waals surface area contributed by atoms with Gasteiger partial charge in [-0.2, -0.15) is 0 Å². The Kier molecular flexibility index (Phi) is 6.14. The lowest BCUT2D eigenvalue weighted by atomic mass is 9.72. The van der Waals surface area contributed by atoms with Crippen molar-refractivity contribution in [2.24, 2.45) is 5.41 Å². The minimum Gasteiger partial charge on any atom is -0.126 e. The Bertz CT molecular complexity index is 561. The number of thioether (sulfide) groups is 1. The zero-order valence-electron chi connectivity index (χ0n) is 14.2. The first-order chi connectivity index (χ1) is 10.5. The van der Waals surface area contributed by atoms with Crippen molar-refractivity contribution in [1.82, 2.24) is 0 Å². The standard InChI is InChI=1S/C21H28S/c1-17(14-16-22-19-10-6-5-7-11-19)12-13-20-18(2)9-8-15-21(20,3)4/h5-7,10-13H,1,8-9,14-16H2,2-4H3/b13-12+. The molecule has 0 nitrogen and oxygen atoms in total. The second-order valence-corrected chi connectivity index (χ2v) is 8.00. The predicted octanol–water partition coefficient (Wildman–Crippen LogP) is 6.81. The average molecular weight is 313 g/mol. The van der Waals surface area contributed by atoms with Gasteiger partial charge in [0.25, 0.3) is 0 Å². The van der Waals surface area contributed by atoms with Crippen LogP contribution in [0.1, 0.15) is 46.5 Å². The van der Waals surface area contributed by atoms with Crippen molar-refractivity contribution in [3.05, 3.63) is 65.8 Å². The zero-order chi connectivity index (χ0) is 16.0. The molecule has 1 heteroatoms. The van der Waals surface area contributed by atoms with E-state index < -0.39 is 0 Å². The van der Waals surface area contributed by atoms with E-state index in [1.54, 1.807) is 5.57 Å². The molecule has 2 rings (SSSR count).